The zero-order valence-electron chi connectivity index (χ0n) is 11.1. The highest BCUT2D eigenvalue weighted by Gasteiger charge is 2.33. The van der Waals surface area contributed by atoms with Gasteiger partial charge in [0, 0.05) is 32.0 Å². The molecular formula is C13H19N3O2S. The Morgan fingerprint density at radius 1 is 1.63 bits per heavy atom. The predicted octanol–water partition coefficient (Wildman–Crippen LogP) is 0.825. The summed E-state index contributed by atoms with van der Waals surface area (Å²) in [6.07, 6.45) is 1.92. The van der Waals surface area contributed by atoms with E-state index in [9.17, 15) is 4.79 Å². The minimum absolute atomic E-state index is 0.178. The topological polar surface area (TPSA) is 54.5 Å². The van der Waals surface area contributed by atoms with E-state index in [2.05, 4.69) is 10.3 Å². The Morgan fingerprint density at radius 2 is 2.53 bits per heavy atom. The third-order valence-corrected chi connectivity index (χ3v) is 4.84. The van der Waals surface area contributed by atoms with E-state index in [1.54, 1.807) is 11.3 Å². The predicted molar refractivity (Wildman–Crippen MR) is 73.1 cm³/mol. The lowest BCUT2D eigenvalue weighted by Gasteiger charge is -2.26. The van der Waals surface area contributed by atoms with E-state index in [4.69, 9.17) is 4.74 Å². The summed E-state index contributed by atoms with van der Waals surface area (Å²) in [5, 5.41) is 3.14. The summed E-state index contributed by atoms with van der Waals surface area (Å²) < 4.78 is 5.40. The molecule has 1 saturated heterocycles. The van der Waals surface area contributed by atoms with Gasteiger partial charge in [-0.2, -0.15) is 0 Å². The molecule has 0 saturated carbocycles. The van der Waals surface area contributed by atoms with Gasteiger partial charge in [0.1, 0.15) is 6.04 Å². The molecule has 1 aromatic heterocycles. The number of hydrogen-bond donors (Lipinski definition) is 1. The van der Waals surface area contributed by atoms with Gasteiger partial charge in [-0.05, 0) is 13.5 Å². The van der Waals surface area contributed by atoms with Gasteiger partial charge < -0.3 is 15.0 Å². The third-order valence-electron chi connectivity index (χ3n) is 3.90. The van der Waals surface area contributed by atoms with E-state index < -0.39 is 0 Å². The van der Waals surface area contributed by atoms with Crippen molar-refractivity contribution in [3.63, 3.8) is 0 Å². The number of hydrogen-bond acceptors (Lipinski definition) is 5. The molecule has 6 heteroatoms. The van der Waals surface area contributed by atoms with Gasteiger partial charge in [0.2, 0.25) is 5.91 Å². The van der Waals surface area contributed by atoms with E-state index in [0.717, 1.165) is 49.7 Å². The molecule has 0 aromatic carbocycles. The van der Waals surface area contributed by atoms with Crippen molar-refractivity contribution >= 4 is 17.2 Å². The van der Waals surface area contributed by atoms with Gasteiger partial charge in [-0.15, -0.1) is 11.3 Å². The zero-order valence-corrected chi connectivity index (χ0v) is 11.9. The molecule has 3 rings (SSSR count). The minimum Gasteiger partial charge on any atom is -0.381 e. The maximum absolute atomic E-state index is 12.6. The van der Waals surface area contributed by atoms with E-state index in [1.165, 1.54) is 0 Å². The maximum atomic E-state index is 12.6. The Morgan fingerprint density at radius 3 is 3.26 bits per heavy atom. The van der Waals surface area contributed by atoms with Crippen molar-refractivity contribution in [3.05, 3.63) is 16.1 Å². The third kappa shape index (κ3) is 2.52. The average Bonchev–Trinajstić information content (AvgIpc) is 3.04. The number of nitrogens with zero attached hydrogens (tertiary/aromatic N) is 2. The van der Waals surface area contributed by atoms with Crippen LogP contribution in [0.25, 0.3) is 0 Å². The highest BCUT2D eigenvalue weighted by Crippen LogP contribution is 2.28. The fourth-order valence-corrected chi connectivity index (χ4v) is 3.76. The van der Waals surface area contributed by atoms with Crippen LogP contribution in [-0.4, -0.2) is 49.1 Å². The maximum Gasteiger partial charge on any atom is 0.245 e. The first kappa shape index (κ1) is 13.0. The van der Waals surface area contributed by atoms with Gasteiger partial charge in [-0.3, -0.25) is 4.79 Å². The van der Waals surface area contributed by atoms with Crippen molar-refractivity contribution in [2.24, 2.45) is 5.92 Å². The largest absolute Gasteiger partial charge is 0.381 e. The number of amides is 1. The van der Waals surface area contributed by atoms with Crippen LogP contribution in [0.5, 0.6) is 0 Å². The van der Waals surface area contributed by atoms with Gasteiger partial charge >= 0.3 is 0 Å². The van der Waals surface area contributed by atoms with Crippen LogP contribution in [0.3, 0.4) is 0 Å². The first-order valence-corrected chi connectivity index (χ1v) is 7.63. The second-order valence-electron chi connectivity index (χ2n) is 5.15. The number of carbonyl (C=O) groups is 1. The molecular weight excluding hydrogens is 262 g/mol. The lowest BCUT2D eigenvalue weighted by molar-refractivity contribution is -0.133. The molecule has 0 aliphatic carbocycles. The van der Waals surface area contributed by atoms with Gasteiger partial charge in [0.15, 0.2) is 0 Å². The summed E-state index contributed by atoms with van der Waals surface area (Å²) >= 11 is 1.57. The normalized spacial score (nSPS) is 27.4. The Labute approximate surface area is 117 Å². The summed E-state index contributed by atoms with van der Waals surface area (Å²) in [5.74, 6) is 0.669. The van der Waals surface area contributed by atoms with E-state index in [0.29, 0.717) is 5.92 Å². The van der Waals surface area contributed by atoms with Crippen LogP contribution < -0.4 is 5.32 Å². The molecule has 1 fully saturated rings. The molecule has 2 unspecified atom stereocenters. The molecule has 2 aliphatic rings. The molecule has 2 aliphatic heterocycles. The summed E-state index contributed by atoms with van der Waals surface area (Å²) in [7, 11) is 1.84. The quantitative estimate of drug-likeness (QED) is 0.891. The van der Waals surface area contributed by atoms with Crippen LogP contribution in [0.15, 0.2) is 5.51 Å². The number of rotatable bonds is 3. The molecule has 19 heavy (non-hydrogen) atoms. The molecule has 2 atom stereocenters. The van der Waals surface area contributed by atoms with Crippen LogP contribution in [-0.2, 0) is 16.0 Å². The molecule has 1 N–H and O–H groups in total. The first-order valence-electron chi connectivity index (χ1n) is 6.75. The van der Waals surface area contributed by atoms with Crippen LogP contribution >= 0.6 is 11.3 Å². The second-order valence-corrected chi connectivity index (χ2v) is 6.04. The minimum atomic E-state index is -0.229. The highest BCUT2D eigenvalue weighted by atomic mass is 32.1. The molecule has 5 nitrogen and oxygen atoms in total. The van der Waals surface area contributed by atoms with Crippen molar-refractivity contribution < 1.29 is 9.53 Å². The Balaban J connectivity index is 1.77. The fourth-order valence-electron chi connectivity index (χ4n) is 2.82. The number of ether oxygens (including phenoxy) is 1. The number of aromatic nitrogens is 1. The lowest BCUT2D eigenvalue weighted by atomic mass is 10.1. The second kappa shape index (κ2) is 5.56. The van der Waals surface area contributed by atoms with Crippen LogP contribution in [0.4, 0.5) is 0 Å². The smallest absolute Gasteiger partial charge is 0.245 e. The fraction of sp³-hybridized carbons (Fsp3) is 0.692. The summed E-state index contributed by atoms with van der Waals surface area (Å²) in [4.78, 5) is 20.1. The average molecular weight is 281 g/mol. The Bertz CT molecular complexity index is 456. The van der Waals surface area contributed by atoms with Crippen molar-refractivity contribution in [3.8, 4) is 0 Å². The van der Waals surface area contributed by atoms with Crippen molar-refractivity contribution in [2.45, 2.75) is 18.9 Å². The SMILES string of the molecule is CNC1C(=O)N(CC2CCOC2)CCc2ncsc21. The van der Waals surface area contributed by atoms with Crippen LogP contribution in [0, 0.1) is 5.92 Å². The summed E-state index contributed by atoms with van der Waals surface area (Å²) in [6, 6.07) is -0.229. The van der Waals surface area contributed by atoms with Crippen molar-refractivity contribution in [2.75, 3.05) is 33.4 Å². The number of likely N-dealkylation sites (N-methyl/N-ethyl adjacent to an activating group) is 1. The zero-order chi connectivity index (χ0) is 13.2. The summed E-state index contributed by atoms with van der Waals surface area (Å²) in [6.45, 7) is 3.20. The van der Waals surface area contributed by atoms with E-state index >= 15 is 0 Å². The van der Waals surface area contributed by atoms with Gasteiger partial charge in [0.25, 0.3) is 0 Å². The van der Waals surface area contributed by atoms with Crippen molar-refractivity contribution in [1.82, 2.24) is 15.2 Å². The monoisotopic (exact) mass is 281 g/mol. The Kier molecular flexibility index (Phi) is 3.81. The number of thiazole rings is 1. The first-order chi connectivity index (χ1) is 9.29. The molecule has 0 radical (unpaired) electrons. The van der Waals surface area contributed by atoms with Gasteiger partial charge in [-0.1, -0.05) is 0 Å². The van der Waals surface area contributed by atoms with Gasteiger partial charge in [0.05, 0.1) is 22.7 Å². The van der Waals surface area contributed by atoms with Crippen molar-refractivity contribution in [1.29, 1.82) is 0 Å². The van der Waals surface area contributed by atoms with Crippen LogP contribution in [0.2, 0.25) is 0 Å². The molecule has 104 valence electrons. The number of carbonyl (C=O) groups excluding carboxylic acids is 1. The molecule has 0 spiro atoms. The Hall–Kier alpha value is -0.980. The lowest BCUT2D eigenvalue weighted by Crippen LogP contribution is -2.41. The molecule has 1 aromatic rings. The molecule has 0 bridgehead atoms. The molecule has 1 amide bonds. The van der Waals surface area contributed by atoms with Crippen LogP contribution in [0.1, 0.15) is 23.0 Å². The van der Waals surface area contributed by atoms with Gasteiger partial charge in [-0.25, -0.2) is 4.98 Å². The number of fused-ring (bicyclic) bond motifs is 1. The van der Waals surface area contributed by atoms with E-state index in [-0.39, 0.29) is 11.9 Å². The standard InChI is InChI=1S/C13H19N3O2S/c1-14-11-12-10(15-8-19-12)2-4-16(13(11)17)6-9-3-5-18-7-9/h8-9,11,14H,2-7H2,1H3. The number of nitrogens with one attached hydrogen (secondary N) is 1. The molecule has 3 heterocycles. The summed E-state index contributed by atoms with van der Waals surface area (Å²) in [5.41, 5.74) is 2.91. The van der Waals surface area contributed by atoms with E-state index in [1.807, 2.05) is 17.5 Å². The highest BCUT2D eigenvalue weighted by molar-refractivity contribution is 7.10.